The molecule has 0 saturated heterocycles. The Kier molecular flexibility index (Phi) is 3.23. The van der Waals surface area contributed by atoms with E-state index in [0.29, 0.717) is 6.07 Å². The van der Waals surface area contributed by atoms with E-state index in [9.17, 15) is 22.0 Å². The molecule has 0 aliphatic heterocycles. The molecule has 0 fully saturated rings. The lowest BCUT2D eigenvalue weighted by Crippen LogP contribution is -2.37. The fourth-order valence-corrected chi connectivity index (χ4v) is 1.18. The average molecular weight is 240 g/mol. The van der Waals surface area contributed by atoms with Crippen LogP contribution < -0.4 is 0 Å². The number of benzene rings is 1. The first-order valence-corrected chi connectivity index (χ1v) is 4.44. The van der Waals surface area contributed by atoms with E-state index in [2.05, 4.69) is 0 Å². The zero-order chi connectivity index (χ0) is 12.7. The number of rotatable bonds is 2. The largest absolute Gasteiger partial charge is 0.298 e. The SMILES string of the molecule is C[N+](C)(C)C(F)c1cc(F)c(F)c(F)c1F. The minimum absolute atomic E-state index is 0.335. The maximum atomic E-state index is 13.7. The molecule has 0 N–H and O–H groups in total. The molecule has 1 nitrogen and oxygen atoms in total. The second kappa shape index (κ2) is 4.01. The lowest BCUT2D eigenvalue weighted by atomic mass is 10.1. The van der Waals surface area contributed by atoms with Crippen LogP contribution in [0.3, 0.4) is 0 Å². The molecule has 0 heterocycles. The van der Waals surface area contributed by atoms with Gasteiger partial charge in [-0.3, -0.25) is 4.48 Å². The van der Waals surface area contributed by atoms with Crippen LogP contribution in [0.2, 0.25) is 0 Å². The topological polar surface area (TPSA) is 0 Å². The molecule has 0 bridgehead atoms. The van der Waals surface area contributed by atoms with Gasteiger partial charge in [0.25, 0.3) is 6.30 Å². The van der Waals surface area contributed by atoms with E-state index in [1.165, 1.54) is 21.1 Å². The number of quaternary nitrogens is 1. The van der Waals surface area contributed by atoms with Crippen LogP contribution in [0, 0.1) is 23.3 Å². The molecule has 0 aromatic heterocycles. The first kappa shape index (κ1) is 12.9. The fraction of sp³-hybridized carbons (Fsp3) is 0.400. The van der Waals surface area contributed by atoms with Gasteiger partial charge < -0.3 is 0 Å². The van der Waals surface area contributed by atoms with Crippen LogP contribution in [0.25, 0.3) is 0 Å². The van der Waals surface area contributed by atoms with E-state index in [0.717, 1.165) is 0 Å². The first-order valence-electron chi connectivity index (χ1n) is 4.44. The van der Waals surface area contributed by atoms with Crippen LogP contribution in [0.1, 0.15) is 11.9 Å². The van der Waals surface area contributed by atoms with Crippen molar-refractivity contribution in [3.8, 4) is 0 Å². The van der Waals surface area contributed by atoms with Crippen molar-refractivity contribution in [2.24, 2.45) is 0 Å². The molecule has 1 atom stereocenters. The zero-order valence-corrected chi connectivity index (χ0v) is 8.99. The molecule has 1 aromatic rings. The van der Waals surface area contributed by atoms with Crippen LogP contribution in [-0.4, -0.2) is 25.6 Å². The van der Waals surface area contributed by atoms with E-state index in [1.54, 1.807) is 0 Å². The Labute approximate surface area is 89.7 Å². The van der Waals surface area contributed by atoms with Crippen molar-refractivity contribution in [2.45, 2.75) is 6.30 Å². The molecule has 90 valence electrons. The molecule has 1 rings (SSSR count). The van der Waals surface area contributed by atoms with Gasteiger partial charge in [-0.15, -0.1) is 0 Å². The number of alkyl halides is 1. The van der Waals surface area contributed by atoms with E-state index in [4.69, 9.17) is 0 Å². The smallest absolute Gasteiger partial charge is 0.260 e. The Bertz CT molecular complexity index is 411. The highest BCUT2D eigenvalue weighted by Gasteiger charge is 2.32. The van der Waals surface area contributed by atoms with E-state index >= 15 is 0 Å². The monoisotopic (exact) mass is 240 g/mol. The Morgan fingerprint density at radius 2 is 1.44 bits per heavy atom. The summed E-state index contributed by atoms with van der Waals surface area (Å²) in [6, 6.07) is 0.335. The average Bonchev–Trinajstić information content (AvgIpc) is 2.18. The molecule has 0 radical (unpaired) electrons. The summed E-state index contributed by atoms with van der Waals surface area (Å²) >= 11 is 0. The molecule has 6 heteroatoms. The van der Waals surface area contributed by atoms with Gasteiger partial charge >= 0.3 is 0 Å². The molecule has 0 saturated carbocycles. The predicted octanol–water partition coefficient (Wildman–Crippen LogP) is 2.92. The molecule has 1 unspecified atom stereocenters. The number of hydrogen-bond donors (Lipinski definition) is 0. The second-order valence-electron chi connectivity index (χ2n) is 4.34. The first-order chi connectivity index (χ1) is 7.16. The molecule has 0 amide bonds. The van der Waals surface area contributed by atoms with Gasteiger partial charge in [-0.25, -0.2) is 17.6 Å². The molecule has 16 heavy (non-hydrogen) atoms. The molecule has 0 aliphatic rings. The quantitative estimate of drug-likeness (QED) is 0.245. The van der Waals surface area contributed by atoms with Crippen LogP contribution in [0.15, 0.2) is 6.07 Å². The lowest BCUT2D eigenvalue weighted by molar-refractivity contribution is -0.918. The Hall–Kier alpha value is -1.17. The maximum Gasteiger partial charge on any atom is 0.260 e. The summed E-state index contributed by atoms with van der Waals surface area (Å²) in [4.78, 5) is 0. The van der Waals surface area contributed by atoms with Crippen LogP contribution in [-0.2, 0) is 0 Å². The highest BCUT2D eigenvalue weighted by atomic mass is 19.2. The number of nitrogens with zero attached hydrogens (tertiary/aromatic N) is 1. The highest BCUT2D eigenvalue weighted by molar-refractivity contribution is 5.22. The van der Waals surface area contributed by atoms with Crippen molar-refractivity contribution in [3.63, 3.8) is 0 Å². The van der Waals surface area contributed by atoms with Crippen molar-refractivity contribution in [1.82, 2.24) is 0 Å². The van der Waals surface area contributed by atoms with Gasteiger partial charge in [-0.2, -0.15) is 4.39 Å². The normalized spacial score (nSPS) is 14.0. The summed E-state index contributed by atoms with van der Waals surface area (Å²) in [5.74, 6) is -7.23. The summed E-state index contributed by atoms with van der Waals surface area (Å²) in [7, 11) is 4.13. The summed E-state index contributed by atoms with van der Waals surface area (Å²) in [5.41, 5.74) is -0.830. The van der Waals surface area contributed by atoms with E-state index in [-0.39, 0.29) is 4.48 Å². The lowest BCUT2D eigenvalue weighted by Gasteiger charge is -2.28. The third-order valence-corrected chi connectivity index (χ3v) is 2.07. The van der Waals surface area contributed by atoms with Gasteiger partial charge in [0, 0.05) is 0 Å². The Balaban J connectivity index is 3.36. The zero-order valence-electron chi connectivity index (χ0n) is 8.99. The summed E-state index contributed by atoms with van der Waals surface area (Å²) in [6.45, 7) is 0. The predicted molar refractivity (Wildman–Crippen MR) is 48.2 cm³/mol. The van der Waals surface area contributed by atoms with Crippen LogP contribution in [0.5, 0.6) is 0 Å². The fourth-order valence-electron chi connectivity index (χ4n) is 1.18. The molecular weight excluding hydrogens is 229 g/mol. The third kappa shape index (κ3) is 2.16. The van der Waals surface area contributed by atoms with Gasteiger partial charge in [0.15, 0.2) is 23.3 Å². The summed E-state index contributed by atoms with van der Waals surface area (Å²) in [6.07, 6.45) is -1.98. The van der Waals surface area contributed by atoms with Crippen molar-refractivity contribution in [3.05, 3.63) is 34.9 Å². The summed E-state index contributed by atoms with van der Waals surface area (Å²) in [5, 5.41) is 0. The van der Waals surface area contributed by atoms with Crippen molar-refractivity contribution in [1.29, 1.82) is 0 Å². The van der Waals surface area contributed by atoms with E-state index in [1.807, 2.05) is 0 Å². The van der Waals surface area contributed by atoms with Gasteiger partial charge in [-0.1, -0.05) is 0 Å². The van der Waals surface area contributed by atoms with Gasteiger partial charge in [0.1, 0.15) is 0 Å². The van der Waals surface area contributed by atoms with Gasteiger partial charge in [0.05, 0.1) is 26.7 Å². The Morgan fingerprint density at radius 3 is 1.88 bits per heavy atom. The van der Waals surface area contributed by atoms with Gasteiger partial charge in [-0.05, 0) is 6.07 Å². The summed E-state index contributed by atoms with van der Waals surface area (Å²) < 4.78 is 64.7. The number of hydrogen-bond acceptors (Lipinski definition) is 0. The van der Waals surface area contributed by atoms with Crippen molar-refractivity contribution in [2.75, 3.05) is 21.1 Å². The molecular formula is C10H11F5N+. The Morgan fingerprint density at radius 1 is 0.938 bits per heavy atom. The molecule has 1 aromatic carbocycles. The number of halogens is 5. The second-order valence-corrected chi connectivity index (χ2v) is 4.34. The molecule has 0 spiro atoms. The molecule has 0 aliphatic carbocycles. The standard InChI is InChI=1S/C10H11F5N/c1-16(2,3)10(15)5-4-6(11)8(13)9(14)7(5)12/h4,10H,1-3H3/q+1. The third-order valence-electron chi connectivity index (χ3n) is 2.07. The minimum Gasteiger partial charge on any atom is -0.298 e. The maximum absolute atomic E-state index is 13.7. The van der Waals surface area contributed by atoms with E-state index < -0.39 is 35.1 Å². The van der Waals surface area contributed by atoms with Crippen molar-refractivity contribution >= 4 is 0 Å². The van der Waals surface area contributed by atoms with Gasteiger partial charge in [0.2, 0.25) is 0 Å². The highest BCUT2D eigenvalue weighted by Crippen LogP contribution is 2.30. The van der Waals surface area contributed by atoms with Crippen LogP contribution >= 0.6 is 0 Å². The van der Waals surface area contributed by atoms with Crippen molar-refractivity contribution < 1.29 is 26.4 Å². The van der Waals surface area contributed by atoms with Crippen LogP contribution in [0.4, 0.5) is 22.0 Å². The minimum atomic E-state index is -1.99.